The number of carbonyl (C=O) groups excluding carboxylic acids is 2. The summed E-state index contributed by atoms with van der Waals surface area (Å²) in [6.07, 6.45) is 5.14. The third-order valence-electron chi connectivity index (χ3n) is 5.19. The van der Waals surface area contributed by atoms with Crippen molar-refractivity contribution >= 4 is 28.3 Å². The number of anilines is 1. The maximum Gasteiger partial charge on any atom is 0.249 e. The molecule has 1 saturated carbocycles. The molecule has 0 radical (unpaired) electrons. The van der Waals surface area contributed by atoms with Gasteiger partial charge in [-0.2, -0.15) is 0 Å². The molecule has 0 bridgehead atoms. The lowest BCUT2D eigenvalue weighted by Gasteiger charge is -2.26. The average molecular weight is 417 g/mol. The van der Waals surface area contributed by atoms with Crippen molar-refractivity contribution in [3.05, 3.63) is 24.3 Å². The molecule has 1 aliphatic carbocycles. The molecule has 0 aliphatic heterocycles. The summed E-state index contributed by atoms with van der Waals surface area (Å²) in [6.45, 7) is 3.85. The quantitative estimate of drug-likeness (QED) is 0.715. The van der Waals surface area contributed by atoms with E-state index in [1.165, 1.54) is 17.8 Å². The first-order valence-electron chi connectivity index (χ1n) is 10.1. The minimum absolute atomic E-state index is 0.0130. The van der Waals surface area contributed by atoms with Crippen LogP contribution in [0.5, 0.6) is 5.75 Å². The first-order valence-corrected chi connectivity index (χ1v) is 10.9. The van der Waals surface area contributed by atoms with Crippen molar-refractivity contribution in [1.29, 1.82) is 0 Å². The summed E-state index contributed by atoms with van der Waals surface area (Å²) in [4.78, 5) is 25.4. The molecule has 1 fully saturated rings. The molecule has 156 valence electrons. The first-order chi connectivity index (χ1) is 14.0. The third kappa shape index (κ3) is 5.53. The fourth-order valence-corrected chi connectivity index (χ4v) is 4.24. The number of methoxy groups -OCH3 is 1. The molecule has 8 heteroatoms. The van der Waals surface area contributed by atoms with Crippen LogP contribution in [0.4, 0.5) is 5.13 Å². The van der Waals surface area contributed by atoms with Gasteiger partial charge >= 0.3 is 0 Å². The highest BCUT2D eigenvalue weighted by Gasteiger charge is 2.29. The Balaban J connectivity index is 1.65. The largest absolute Gasteiger partial charge is 0.497 e. The molecule has 29 heavy (non-hydrogen) atoms. The molecule has 3 rings (SSSR count). The molecule has 1 aliphatic rings. The number of benzene rings is 1. The molecule has 1 atom stereocenters. The lowest BCUT2D eigenvalue weighted by atomic mass is 9.88. The van der Waals surface area contributed by atoms with Crippen LogP contribution in [-0.2, 0) is 9.59 Å². The third-order valence-corrected chi connectivity index (χ3v) is 6.08. The van der Waals surface area contributed by atoms with Crippen molar-refractivity contribution < 1.29 is 14.3 Å². The molecular weight excluding hydrogens is 388 g/mol. The number of hydrogen-bond acceptors (Lipinski definition) is 6. The minimum atomic E-state index is -0.603. The predicted molar refractivity (Wildman–Crippen MR) is 114 cm³/mol. The van der Waals surface area contributed by atoms with E-state index >= 15 is 0 Å². The average Bonchev–Trinajstić information content (AvgIpc) is 3.20. The number of nitrogens with zero attached hydrogens (tertiary/aromatic N) is 2. The molecule has 0 saturated heterocycles. The maximum absolute atomic E-state index is 12.8. The number of aromatic nitrogens is 2. The van der Waals surface area contributed by atoms with Gasteiger partial charge in [0.1, 0.15) is 16.8 Å². The summed E-state index contributed by atoms with van der Waals surface area (Å²) in [5, 5.41) is 15.1. The predicted octanol–water partition coefficient (Wildman–Crippen LogP) is 3.87. The fourth-order valence-electron chi connectivity index (χ4n) is 3.50. The van der Waals surface area contributed by atoms with Gasteiger partial charge in [0.2, 0.25) is 16.9 Å². The van der Waals surface area contributed by atoms with E-state index in [9.17, 15) is 9.59 Å². The zero-order chi connectivity index (χ0) is 20.8. The van der Waals surface area contributed by atoms with Gasteiger partial charge in [0.05, 0.1) is 7.11 Å². The van der Waals surface area contributed by atoms with Crippen LogP contribution in [0, 0.1) is 11.8 Å². The van der Waals surface area contributed by atoms with Crippen molar-refractivity contribution in [2.45, 2.75) is 52.0 Å². The Morgan fingerprint density at radius 2 is 1.93 bits per heavy atom. The minimum Gasteiger partial charge on any atom is -0.497 e. The van der Waals surface area contributed by atoms with E-state index in [4.69, 9.17) is 4.74 Å². The lowest BCUT2D eigenvalue weighted by Crippen LogP contribution is -2.49. The molecular formula is C21H28N4O3S. The van der Waals surface area contributed by atoms with Crippen molar-refractivity contribution in [3.63, 3.8) is 0 Å². The molecule has 0 unspecified atom stereocenters. The van der Waals surface area contributed by atoms with Gasteiger partial charge in [0.15, 0.2) is 0 Å². The van der Waals surface area contributed by atoms with E-state index in [1.807, 2.05) is 38.1 Å². The number of amides is 2. The first kappa shape index (κ1) is 21.2. The number of hydrogen-bond donors (Lipinski definition) is 2. The summed E-state index contributed by atoms with van der Waals surface area (Å²) in [5.41, 5.74) is 0.869. The van der Waals surface area contributed by atoms with Crippen LogP contribution in [-0.4, -0.2) is 35.2 Å². The Morgan fingerprint density at radius 3 is 2.62 bits per heavy atom. The standard InChI is InChI=1S/C21H28N4O3S/c1-13(2)17(22-18(26)14-8-5-4-6-9-14)19(27)23-21-25-24-20(29-21)15-10-7-11-16(12-15)28-3/h7,10-14,17H,4-6,8-9H2,1-3H3,(H,22,26)(H,23,25,27)/t17-/m0/s1. The van der Waals surface area contributed by atoms with Crippen LogP contribution in [0.25, 0.3) is 10.6 Å². The van der Waals surface area contributed by atoms with Crippen LogP contribution in [0.1, 0.15) is 46.0 Å². The zero-order valence-corrected chi connectivity index (χ0v) is 17.9. The summed E-state index contributed by atoms with van der Waals surface area (Å²) in [6, 6.07) is 6.91. The molecule has 1 aromatic heterocycles. The number of ether oxygens (including phenoxy) is 1. The van der Waals surface area contributed by atoms with E-state index in [1.54, 1.807) is 7.11 Å². The van der Waals surface area contributed by atoms with Crippen LogP contribution in [0.2, 0.25) is 0 Å². The van der Waals surface area contributed by atoms with E-state index in [0.29, 0.717) is 10.1 Å². The highest BCUT2D eigenvalue weighted by Crippen LogP contribution is 2.29. The Bertz CT molecular complexity index is 846. The van der Waals surface area contributed by atoms with Crippen LogP contribution < -0.4 is 15.4 Å². The SMILES string of the molecule is COc1cccc(-c2nnc(NC(=O)[C@@H](NC(=O)C3CCCCC3)C(C)C)s2)c1. The van der Waals surface area contributed by atoms with Gasteiger partial charge < -0.3 is 10.1 Å². The van der Waals surface area contributed by atoms with Gasteiger partial charge in [-0.05, 0) is 30.9 Å². The van der Waals surface area contributed by atoms with Crippen molar-refractivity contribution in [1.82, 2.24) is 15.5 Å². The second kappa shape index (κ2) is 9.82. The smallest absolute Gasteiger partial charge is 0.249 e. The van der Waals surface area contributed by atoms with E-state index in [0.717, 1.165) is 37.0 Å². The fraction of sp³-hybridized carbons (Fsp3) is 0.524. The molecule has 1 heterocycles. The highest BCUT2D eigenvalue weighted by molar-refractivity contribution is 7.18. The Kier molecular flexibility index (Phi) is 7.19. The van der Waals surface area contributed by atoms with Crippen LogP contribution >= 0.6 is 11.3 Å². The summed E-state index contributed by atoms with van der Waals surface area (Å²) >= 11 is 1.29. The van der Waals surface area contributed by atoms with Gasteiger partial charge in [0, 0.05) is 11.5 Å². The topological polar surface area (TPSA) is 93.2 Å². The van der Waals surface area contributed by atoms with E-state index in [-0.39, 0.29) is 23.7 Å². The van der Waals surface area contributed by atoms with Gasteiger partial charge in [-0.3, -0.25) is 14.9 Å². The Morgan fingerprint density at radius 1 is 1.17 bits per heavy atom. The molecule has 2 N–H and O–H groups in total. The summed E-state index contributed by atoms with van der Waals surface area (Å²) < 4.78 is 5.24. The normalized spacial score (nSPS) is 15.7. The zero-order valence-electron chi connectivity index (χ0n) is 17.1. The second-order valence-corrected chi connectivity index (χ2v) is 8.68. The van der Waals surface area contributed by atoms with Gasteiger partial charge in [-0.15, -0.1) is 10.2 Å². The van der Waals surface area contributed by atoms with Crippen molar-refractivity contribution in [2.75, 3.05) is 12.4 Å². The van der Waals surface area contributed by atoms with E-state index < -0.39 is 6.04 Å². The molecule has 7 nitrogen and oxygen atoms in total. The molecule has 2 amide bonds. The van der Waals surface area contributed by atoms with Crippen molar-refractivity contribution in [3.8, 4) is 16.3 Å². The second-order valence-electron chi connectivity index (χ2n) is 7.70. The van der Waals surface area contributed by atoms with E-state index in [2.05, 4.69) is 20.8 Å². The van der Waals surface area contributed by atoms with Crippen LogP contribution in [0.15, 0.2) is 24.3 Å². The van der Waals surface area contributed by atoms with Gasteiger partial charge in [-0.25, -0.2) is 0 Å². The van der Waals surface area contributed by atoms with Gasteiger partial charge in [0.25, 0.3) is 0 Å². The lowest BCUT2D eigenvalue weighted by molar-refractivity contribution is -0.130. The Hall–Kier alpha value is -2.48. The summed E-state index contributed by atoms with van der Waals surface area (Å²) in [7, 11) is 1.61. The number of nitrogens with one attached hydrogen (secondary N) is 2. The van der Waals surface area contributed by atoms with Crippen LogP contribution in [0.3, 0.4) is 0 Å². The monoisotopic (exact) mass is 416 g/mol. The molecule has 0 spiro atoms. The van der Waals surface area contributed by atoms with Crippen molar-refractivity contribution in [2.24, 2.45) is 11.8 Å². The van der Waals surface area contributed by atoms with Gasteiger partial charge in [-0.1, -0.05) is 56.6 Å². The number of rotatable bonds is 7. The number of carbonyl (C=O) groups is 2. The molecule has 1 aromatic carbocycles. The molecule has 2 aromatic rings. The highest BCUT2D eigenvalue weighted by atomic mass is 32.1. The summed E-state index contributed by atoms with van der Waals surface area (Å²) in [5.74, 6) is 0.422. The Labute approximate surface area is 175 Å². The maximum atomic E-state index is 12.8.